The summed E-state index contributed by atoms with van der Waals surface area (Å²) in [5.41, 5.74) is 3.46. The highest BCUT2D eigenvalue weighted by molar-refractivity contribution is 7.99. The molecule has 0 saturated carbocycles. The van der Waals surface area contributed by atoms with E-state index in [9.17, 15) is 24.6 Å². The van der Waals surface area contributed by atoms with Crippen molar-refractivity contribution in [3.8, 4) is 0 Å². The minimum Gasteiger partial charge on any atom is -0.481 e. The smallest absolute Gasteiger partial charge is 0.336 e. The summed E-state index contributed by atoms with van der Waals surface area (Å²) in [4.78, 5) is 35.3. The summed E-state index contributed by atoms with van der Waals surface area (Å²) >= 11 is 1.44. The molecule has 1 amide bonds. The Balaban J connectivity index is 1.39. The molecule has 0 aliphatic carbocycles. The van der Waals surface area contributed by atoms with Gasteiger partial charge < -0.3 is 30.1 Å². The lowest BCUT2D eigenvalue weighted by Crippen LogP contribution is -2.31. The highest BCUT2D eigenvalue weighted by atomic mass is 32.2. The molecular weight excluding hydrogens is 570 g/mol. The number of aliphatic hydroxyl groups is 1. The van der Waals surface area contributed by atoms with E-state index in [0.29, 0.717) is 42.0 Å². The average Bonchev–Trinajstić information content (AvgIpc) is 3.02. The van der Waals surface area contributed by atoms with Gasteiger partial charge in [0.25, 0.3) is 0 Å². The van der Waals surface area contributed by atoms with Crippen molar-refractivity contribution in [3.05, 3.63) is 95.1 Å². The molecule has 4 N–H and O–H groups in total. The molecule has 1 heterocycles. The molecule has 10 heteroatoms. The number of thioether (sulfide) groups is 1. The van der Waals surface area contributed by atoms with E-state index in [2.05, 4.69) is 5.32 Å². The third-order valence-electron chi connectivity index (χ3n) is 7.17. The van der Waals surface area contributed by atoms with Gasteiger partial charge in [-0.05, 0) is 48.2 Å². The number of anilines is 1. The molecule has 0 spiro atoms. The fourth-order valence-electron chi connectivity index (χ4n) is 4.84. The predicted octanol–water partition coefficient (Wildman–Crippen LogP) is 6.58. The average molecular weight is 608 g/mol. The molecule has 1 aliphatic rings. The van der Waals surface area contributed by atoms with E-state index in [-0.39, 0.29) is 36.7 Å². The lowest BCUT2D eigenvalue weighted by Gasteiger charge is -2.36. The van der Waals surface area contributed by atoms with Crippen molar-refractivity contribution >= 4 is 35.3 Å². The van der Waals surface area contributed by atoms with Gasteiger partial charge in [-0.3, -0.25) is 9.59 Å². The Labute approximate surface area is 255 Å². The van der Waals surface area contributed by atoms with Crippen LogP contribution in [-0.2, 0) is 25.7 Å². The van der Waals surface area contributed by atoms with Crippen molar-refractivity contribution in [2.24, 2.45) is 0 Å². The Morgan fingerprint density at radius 1 is 0.814 bits per heavy atom. The number of carboxylic acids is 2. The molecule has 3 aromatic carbocycles. The number of aliphatic carboxylic acids is 1. The van der Waals surface area contributed by atoms with Gasteiger partial charge in [0.2, 0.25) is 5.91 Å². The number of unbranched alkanes of at least 4 members (excludes halogenated alkanes) is 3. The first-order valence-corrected chi connectivity index (χ1v) is 15.4. The lowest BCUT2D eigenvalue weighted by atomic mass is 10.0. The minimum atomic E-state index is -0.973. The number of carbonyl (C=O) groups is 3. The van der Waals surface area contributed by atoms with Crippen LogP contribution >= 0.6 is 11.8 Å². The molecule has 0 bridgehead atoms. The van der Waals surface area contributed by atoms with Crippen LogP contribution in [0.5, 0.6) is 0 Å². The summed E-state index contributed by atoms with van der Waals surface area (Å²) < 4.78 is 12.7. The molecule has 1 saturated heterocycles. The number of hydrogen-bond acceptors (Lipinski definition) is 7. The number of carboxylic acid groups (broad SMARTS) is 2. The van der Waals surface area contributed by atoms with Crippen LogP contribution in [0.25, 0.3) is 0 Å². The van der Waals surface area contributed by atoms with Crippen molar-refractivity contribution in [2.75, 3.05) is 11.1 Å². The maximum atomic E-state index is 12.4. The lowest BCUT2D eigenvalue weighted by molar-refractivity contribution is -0.245. The second-order valence-corrected chi connectivity index (χ2v) is 11.5. The number of aromatic carboxylic acids is 1. The van der Waals surface area contributed by atoms with E-state index in [1.807, 2.05) is 42.5 Å². The Kier molecular flexibility index (Phi) is 12.2. The van der Waals surface area contributed by atoms with E-state index < -0.39 is 18.2 Å². The zero-order valence-electron chi connectivity index (χ0n) is 23.8. The van der Waals surface area contributed by atoms with Crippen LogP contribution in [0.4, 0.5) is 5.69 Å². The molecule has 0 unspecified atom stereocenters. The van der Waals surface area contributed by atoms with Crippen molar-refractivity contribution in [1.29, 1.82) is 0 Å². The van der Waals surface area contributed by atoms with Crippen LogP contribution in [-0.4, -0.2) is 45.0 Å². The largest absolute Gasteiger partial charge is 0.481 e. The third-order valence-corrected chi connectivity index (χ3v) is 8.37. The Hall–Kier alpha value is -3.70. The van der Waals surface area contributed by atoms with Gasteiger partial charge >= 0.3 is 11.9 Å². The van der Waals surface area contributed by atoms with E-state index in [4.69, 9.17) is 14.6 Å². The Morgan fingerprint density at radius 3 is 2.16 bits per heavy atom. The number of aliphatic hydroxyl groups excluding tert-OH is 1. The fourth-order valence-corrected chi connectivity index (χ4v) is 5.90. The molecule has 0 aromatic heterocycles. The van der Waals surface area contributed by atoms with Crippen LogP contribution in [0, 0.1) is 0 Å². The van der Waals surface area contributed by atoms with Crippen LogP contribution in [0.15, 0.2) is 77.7 Å². The summed E-state index contributed by atoms with van der Waals surface area (Å²) in [5, 5.41) is 30.6. The Bertz CT molecular complexity index is 1360. The third kappa shape index (κ3) is 9.93. The monoisotopic (exact) mass is 607 g/mol. The van der Waals surface area contributed by atoms with Gasteiger partial charge in [-0.2, -0.15) is 0 Å². The van der Waals surface area contributed by atoms with Gasteiger partial charge in [-0.1, -0.05) is 61.4 Å². The SMILES string of the molecule is O=C(O)CCCCCCC(=O)Nc1ccc([C@@H]2O[C@H](CSc3ccccc3C(=O)O)C[C@H](c3ccc(CO)cc3)O2)cc1. The molecule has 3 aromatic rings. The Morgan fingerprint density at radius 2 is 1.49 bits per heavy atom. The van der Waals surface area contributed by atoms with Crippen molar-refractivity contribution in [2.45, 2.75) is 74.9 Å². The summed E-state index contributed by atoms with van der Waals surface area (Å²) in [5.74, 6) is -1.34. The fraction of sp³-hybridized carbons (Fsp3) is 0.364. The summed E-state index contributed by atoms with van der Waals surface area (Å²) in [6.45, 7) is -0.0462. The first-order chi connectivity index (χ1) is 20.8. The number of rotatable bonds is 15. The number of amides is 1. The van der Waals surface area contributed by atoms with E-state index in [1.54, 1.807) is 30.3 Å². The molecule has 1 aliphatic heterocycles. The second kappa shape index (κ2) is 16.2. The molecule has 3 atom stereocenters. The van der Waals surface area contributed by atoms with Gasteiger partial charge in [0.05, 0.1) is 24.4 Å². The molecular formula is C33H37NO8S. The summed E-state index contributed by atoms with van der Waals surface area (Å²) in [7, 11) is 0. The zero-order valence-corrected chi connectivity index (χ0v) is 24.6. The van der Waals surface area contributed by atoms with Gasteiger partial charge in [-0.15, -0.1) is 11.8 Å². The van der Waals surface area contributed by atoms with Gasteiger partial charge in [0, 0.05) is 41.2 Å². The second-order valence-electron chi connectivity index (χ2n) is 10.4. The van der Waals surface area contributed by atoms with Gasteiger partial charge in [0.15, 0.2) is 6.29 Å². The highest BCUT2D eigenvalue weighted by Gasteiger charge is 2.32. The van der Waals surface area contributed by atoms with Gasteiger partial charge in [-0.25, -0.2) is 4.79 Å². The standard InChI is InChI=1S/C33H37NO8S/c35-20-22-11-13-23(14-12-22)28-19-26(21-43-29-8-6-5-7-27(29)32(39)40)41-33(42-28)24-15-17-25(18-16-24)34-30(36)9-3-1-2-4-10-31(37)38/h5-8,11-18,26,28,33,35H,1-4,9-10,19-21H2,(H,34,36)(H,37,38)(H,39,40)/t26-,28+,33+/m0/s1. The van der Waals surface area contributed by atoms with Crippen LogP contribution in [0.1, 0.15) is 84.4 Å². The number of ether oxygens (including phenoxy) is 2. The number of carbonyl (C=O) groups excluding carboxylic acids is 1. The van der Waals surface area contributed by atoms with E-state index >= 15 is 0 Å². The first-order valence-electron chi connectivity index (χ1n) is 14.4. The molecule has 1 fully saturated rings. The van der Waals surface area contributed by atoms with Crippen LogP contribution in [0.2, 0.25) is 0 Å². The van der Waals surface area contributed by atoms with Crippen molar-refractivity contribution < 1.29 is 39.2 Å². The van der Waals surface area contributed by atoms with Crippen LogP contribution in [0.3, 0.4) is 0 Å². The van der Waals surface area contributed by atoms with E-state index in [0.717, 1.165) is 29.5 Å². The molecule has 43 heavy (non-hydrogen) atoms. The maximum absolute atomic E-state index is 12.4. The molecule has 228 valence electrons. The first kappa shape index (κ1) is 32.2. The predicted molar refractivity (Wildman–Crippen MR) is 163 cm³/mol. The topological polar surface area (TPSA) is 142 Å². The molecule has 4 rings (SSSR count). The zero-order chi connectivity index (χ0) is 30.6. The molecule has 0 radical (unpaired) electrons. The highest BCUT2D eigenvalue weighted by Crippen LogP contribution is 2.40. The normalized spacial score (nSPS) is 18.2. The quantitative estimate of drug-likeness (QED) is 0.111. The van der Waals surface area contributed by atoms with Crippen LogP contribution < -0.4 is 5.32 Å². The number of nitrogens with one attached hydrogen (secondary N) is 1. The van der Waals surface area contributed by atoms with Crippen molar-refractivity contribution in [3.63, 3.8) is 0 Å². The number of benzene rings is 3. The summed E-state index contributed by atoms with van der Waals surface area (Å²) in [6.07, 6.45) is 2.82. The molecule has 9 nitrogen and oxygen atoms in total. The van der Waals surface area contributed by atoms with Gasteiger partial charge in [0.1, 0.15) is 0 Å². The van der Waals surface area contributed by atoms with Crippen molar-refractivity contribution in [1.82, 2.24) is 0 Å². The van der Waals surface area contributed by atoms with E-state index in [1.165, 1.54) is 11.8 Å². The maximum Gasteiger partial charge on any atom is 0.336 e. The number of hydrogen-bond donors (Lipinski definition) is 4. The summed E-state index contributed by atoms with van der Waals surface area (Å²) in [6, 6.07) is 21.8. The minimum absolute atomic E-state index is 0.0462.